The molecule has 0 amide bonds. The van der Waals surface area contributed by atoms with E-state index in [9.17, 15) is 9.59 Å². The van der Waals surface area contributed by atoms with Crippen LogP contribution in [0.15, 0.2) is 54.7 Å². The Balaban J connectivity index is 1.96. The van der Waals surface area contributed by atoms with Crippen molar-refractivity contribution in [2.24, 2.45) is 0 Å². The summed E-state index contributed by atoms with van der Waals surface area (Å²) in [6, 6.07) is 14.7. The van der Waals surface area contributed by atoms with Gasteiger partial charge in [-0.2, -0.15) is 0 Å². The Bertz CT molecular complexity index is 1020. The molecule has 7 nitrogen and oxygen atoms in total. The molecular formula is C21H20AsNO6. The number of carboxylic acids is 1. The zero-order valence-corrected chi connectivity index (χ0v) is 17.8. The molecule has 0 bridgehead atoms. The molecule has 1 heterocycles. The van der Waals surface area contributed by atoms with E-state index >= 15 is 0 Å². The van der Waals surface area contributed by atoms with E-state index in [1.807, 2.05) is 42.5 Å². The summed E-state index contributed by atoms with van der Waals surface area (Å²) in [5.74, 6) is 0.324. The molecule has 0 saturated carbocycles. The molecule has 29 heavy (non-hydrogen) atoms. The van der Waals surface area contributed by atoms with Crippen molar-refractivity contribution in [2.75, 3.05) is 6.79 Å². The number of hydrogen-bond acceptors (Lipinski definition) is 6. The number of hydrogen-bond donors (Lipinski definition) is 2. The number of aliphatic hydroxyl groups is 1. The Labute approximate surface area is 174 Å². The van der Waals surface area contributed by atoms with Gasteiger partial charge < -0.3 is 0 Å². The Morgan fingerprint density at radius 3 is 2.59 bits per heavy atom. The average molecular weight is 457 g/mol. The van der Waals surface area contributed by atoms with Crippen molar-refractivity contribution in [1.82, 2.24) is 4.98 Å². The fourth-order valence-electron chi connectivity index (χ4n) is 2.77. The molecule has 8 heteroatoms. The Hall–Kier alpha value is -2.73. The van der Waals surface area contributed by atoms with E-state index in [1.54, 1.807) is 12.3 Å². The topological polar surface area (TPSA) is 106 Å². The van der Waals surface area contributed by atoms with Gasteiger partial charge in [0.25, 0.3) is 0 Å². The van der Waals surface area contributed by atoms with Crippen LogP contribution in [0.3, 0.4) is 0 Å². The van der Waals surface area contributed by atoms with Gasteiger partial charge in [0.1, 0.15) is 0 Å². The van der Waals surface area contributed by atoms with Gasteiger partial charge in [-0.1, -0.05) is 0 Å². The number of carboxylic acid groups (broad SMARTS) is 1. The van der Waals surface area contributed by atoms with Crippen LogP contribution < -0.4 is 4.74 Å². The number of fused-ring (bicyclic) bond motifs is 1. The van der Waals surface area contributed by atoms with Crippen molar-refractivity contribution in [3.05, 3.63) is 66.0 Å². The first-order valence-corrected chi connectivity index (χ1v) is 11.1. The summed E-state index contributed by atoms with van der Waals surface area (Å²) in [5.41, 5.74) is 0.741. The second kappa shape index (κ2) is 9.65. The predicted octanol–water partition coefficient (Wildman–Crippen LogP) is 2.96. The van der Waals surface area contributed by atoms with Crippen LogP contribution in [0.2, 0.25) is 4.71 Å². The third-order valence-electron chi connectivity index (χ3n) is 4.22. The van der Waals surface area contributed by atoms with Crippen LogP contribution in [0.5, 0.6) is 11.5 Å². The van der Waals surface area contributed by atoms with Crippen LogP contribution in [0, 0.1) is 0 Å². The standard InChI is InChI=1S/C21H20AsNO6/c1-13(21(26)27)22-20(25)19-18(11-28-12-24)17-8-7-16(9-14(17)10-23-19)29-15-5-3-2-4-6-15/h2-10,13,22,24H,11-12H2,1H3,(H,26,27)/t13-/m0/s1. The van der Waals surface area contributed by atoms with E-state index in [-0.39, 0.29) is 16.9 Å². The van der Waals surface area contributed by atoms with E-state index in [0.717, 1.165) is 10.8 Å². The fraction of sp³-hybridized carbons (Fsp3) is 0.190. The summed E-state index contributed by atoms with van der Waals surface area (Å²) in [6.45, 7) is 1.02. The molecule has 3 rings (SSSR count). The van der Waals surface area contributed by atoms with Gasteiger partial charge in [-0.25, -0.2) is 0 Å². The number of aliphatic carboxylic acids is 1. The van der Waals surface area contributed by atoms with Gasteiger partial charge in [-0.05, 0) is 0 Å². The van der Waals surface area contributed by atoms with Gasteiger partial charge in [-0.3, -0.25) is 0 Å². The van der Waals surface area contributed by atoms with Gasteiger partial charge in [-0.15, -0.1) is 0 Å². The van der Waals surface area contributed by atoms with Crippen molar-refractivity contribution < 1.29 is 29.3 Å². The predicted molar refractivity (Wildman–Crippen MR) is 109 cm³/mol. The second-order valence-electron chi connectivity index (χ2n) is 6.26. The molecule has 0 fully saturated rings. The number of ether oxygens (including phenoxy) is 2. The number of benzene rings is 2. The average Bonchev–Trinajstić information content (AvgIpc) is 2.72. The summed E-state index contributed by atoms with van der Waals surface area (Å²) in [4.78, 5) is 28.1. The molecule has 1 unspecified atom stereocenters. The number of carbonyl (C=O) groups is 2. The Morgan fingerprint density at radius 1 is 1.14 bits per heavy atom. The maximum atomic E-state index is 12.7. The fourth-order valence-corrected chi connectivity index (χ4v) is 4.59. The van der Waals surface area contributed by atoms with E-state index in [1.165, 1.54) is 6.92 Å². The first-order chi connectivity index (χ1) is 14.0. The van der Waals surface area contributed by atoms with Gasteiger partial charge >= 0.3 is 174 Å². The number of aromatic nitrogens is 1. The van der Waals surface area contributed by atoms with E-state index in [2.05, 4.69) is 4.98 Å². The Morgan fingerprint density at radius 2 is 1.90 bits per heavy atom. The molecule has 0 spiro atoms. The monoisotopic (exact) mass is 457 g/mol. The van der Waals surface area contributed by atoms with Crippen molar-refractivity contribution in [3.8, 4) is 11.5 Å². The molecule has 0 radical (unpaired) electrons. The summed E-state index contributed by atoms with van der Waals surface area (Å²) >= 11 is -1.45. The van der Waals surface area contributed by atoms with Crippen molar-refractivity contribution in [2.45, 2.75) is 18.2 Å². The third-order valence-corrected chi connectivity index (χ3v) is 6.69. The molecule has 2 atom stereocenters. The van der Waals surface area contributed by atoms with Gasteiger partial charge in [0.2, 0.25) is 0 Å². The van der Waals surface area contributed by atoms with Crippen LogP contribution in [0.1, 0.15) is 23.0 Å². The van der Waals surface area contributed by atoms with Gasteiger partial charge in [0.05, 0.1) is 0 Å². The minimum atomic E-state index is -1.45. The third kappa shape index (κ3) is 5.20. The van der Waals surface area contributed by atoms with Crippen LogP contribution in [-0.2, 0) is 16.1 Å². The molecule has 0 aliphatic rings. The molecule has 0 aliphatic heterocycles. The second-order valence-corrected chi connectivity index (χ2v) is 9.64. The summed E-state index contributed by atoms with van der Waals surface area (Å²) < 4.78 is 10.0. The van der Waals surface area contributed by atoms with E-state index in [0.29, 0.717) is 17.1 Å². The first-order valence-electron chi connectivity index (χ1n) is 8.86. The zero-order valence-electron chi connectivity index (χ0n) is 15.7. The molecule has 2 N–H and O–H groups in total. The van der Waals surface area contributed by atoms with Crippen LogP contribution in [-0.4, -0.2) is 48.3 Å². The Kier molecular flexibility index (Phi) is 6.98. The summed E-state index contributed by atoms with van der Waals surface area (Å²) in [5, 5.41) is 19.6. The summed E-state index contributed by atoms with van der Waals surface area (Å²) in [6.07, 6.45) is 1.57. The molecule has 1 aromatic heterocycles. The number of para-hydroxylation sites is 1. The number of nitrogens with zero attached hydrogens (tertiary/aromatic N) is 1. The molecule has 2 aromatic carbocycles. The SMILES string of the molecule is C[C@H]([AsH]C(=O)c1ncc2cc(Oc3ccccc3)ccc2c1COCO)C(=O)O. The van der Waals surface area contributed by atoms with E-state index in [4.69, 9.17) is 19.7 Å². The first kappa shape index (κ1) is 21.0. The van der Waals surface area contributed by atoms with Crippen LogP contribution in [0.4, 0.5) is 0 Å². The maximum absolute atomic E-state index is 12.7. The minimum absolute atomic E-state index is 0.00554. The van der Waals surface area contributed by atoms with Crippen LogP contribution in [0.25, 0.3) is 10.8 Å². The van der Waals surface area contributed by atoms with Crippen molar-refractivity contribution in [1.29, 1.82) is 0 Å². The zero-order chi connectivity index (χ0) is 20.8. The quantitative estimate of drug-likeness (QED) is 0.376. The molecule has 0 saturated heterocycles. The number of rotatable bonds is 9. The normalized spacial score (nSPS) is 12.3. The van der Waals surface area contributed by atoms with Crippen LogP contribution >= 0.6 is 0 Å². The van der Waals surface area contributed by atoms with E-state index < -0.39 is 33.2 Å². The van der Waals surface area contributed by atoms with Gasteiger partial charge in [0.15, 0.2) is 0 Å². The summed E-state index contributed by atoms with van der Waals surface area (Å²) in [7, 11) is 0. The number of aliphatic hydroxyl groups excluding tert-OH is 1. The van der Waals surface area contributed by atoms with Gasteiger partial charge in [0, 0.05) is 0 Å². The van der Waals surface area contributed by atoms with Crippen molar-refractivity contribution in [3.63, 3.8) is 0 Å². The molecular weight excluding hydrogens is 437 g/mol. The number of pyridine rings is 1. The number of carbonyl (C=O) groups excluding carboxylic acids is 1. The molecule has 0 aliphatic carbocycles. The molecule has 3 aromatic rings. The van der Waals surface area contributed by atoms with Crippen molar-refractivity contribution >= 4 is 37.1 Å². The molecule has 150 valence electrons.